The third-order valence-corrected chi connectivity index (χ3v) is 5.60. The van der Waals surface area contributed by atoms with Crippen LogP contribution < -0.4 is 5.32 Å². The van der Waals surface area contributed by atoms with E-state index in [9.17, 15) is 8.42 Å². The fourth-order valence-corrected chi connectivity index (χ4v) is 3.90. The van der Waals surface area contributed by atoms with Gasteiger partial charge >= 0.3 is 0 Å². The van der Waals surface area contributed by atoms with Crippen molar-refractivity contribution in [1.82, 2.24) is 9.62 Å². The molecule has 7 heteroatoms. The molecule has 0 aromatic carbocycles. The quantitative estimate of drug-likeness (QED) is 0.751. The van der Waals surface area contributed by atoms with Crippen molar-refractivity contribution in [3.05, 3.63) is 0 Å². The van der Waals surface area contributed by atoms with Gasteiger partial charge in [-0.25, -0.2) is 12.7 Å². The lowest BCUT2D eigenvalue weighted by Gasteiger charge is -2.32. The van der Waals surface area contributed by atoms with E-state index in [1.807, 2.05) is 0 Å². The molecule has 2 saturated heterocycles. The fourth-order valence-electron chi connectivity index (χ4n) is 2.96. The molecule has 20 heavy (non-hydrogen) atoms. The number of sulfonamides is 1. The van der Waals surface area contributed by atoms with Crippen LogP contribution in [0.3, 0.4) is 0 Å². The van der Waals surface area contributed by atoms with Crippen LogP contribution in [0.4, 0.5) is 0 Å². The molecule has 2 atom stereocenters. The molecule has 0 radical (unpaired) electrons. The summed E-state index contributed by atoms with van der Waals surface area (Å²) in [4.78, 5) is 0. The molecule has 2 rings (SSSR count). The van der Waals surface area contributed by atoms with Crippen LogP contribution in [0.25, 0.3) is 0 Å². The van der Waals surface area contributed by atoms with Crippen molar-refractivity contribution in [2.75, 3.05) is 52.8 Å². The molecule has 2 fully saturated rings. The van der Waals surface area contributed by atoms with Crippen molar-refractivity contribution in [3.63, 3.8) is 0 Å². The van der Waals surface area contributed by atoms with Crippen LogP contribution in [-0.4, -0.2) is 71.1 Å². The van der Waals surface area contributed by atoms with Crippen LogP contribution in [-0.2, 0) is 19.5 Å². The highest BCUT2D eigenvalue weighted by Crippen LogP contribution is 2.22. The van der Waals surface area contributed by atoms with Gasteiger partial charge in [-0.15, -0.1) is 0 Å². The van der Waals surface area contributed by atoms with Crippen molar-refractivity contribution < 1.29 is 17.9 Å². The summed E-state index contributed by atoms with van der Waals surface area (Å²) in [5.41, 5.74) is -0.203. The van der Waals surface area contributed by atoms with Crippen LogP contribution in [0.5, 0.6) is 0 Å². The normalized spacial score (nSPS) is 32.6. The topological polar surface area (TPSA) is 67.9 Å². The Labute approximate surface area is 121 Å². The van der Waals surface area contributed by atoms with E-state index in [2.05, 4.69) is 5.32 Å². The SMILES string of the molecule is COC1(CNCC2CCCN(S(C)(=O)=O)C2)CCOC1. The van der Waals surface area contributed by atoms with Crippen LogP contribution in [0.1, 0.15) is 19.3 Å². The van der Waals surface area contributed by atoms with Crippen molar-refractivity contribution in [3.8, 4) is 0 Å². The molecule has 0 spiro atoms. The molecule has 0 aromatic heterocycles. The van der Waals surface area contributed by atoms with Gasteiger partial charge in [0.15, 0.2) is 0 Å². The molecular weight excluding hydrogens is 280 g/mol. The summed E-state index contributed by atoms with van der Waals surface area (Å²) in [6.07, 6.45) is 4.22. The number of hydrogen-bond acceptors (Lipinski definition) is 5. The summed E-state index contributed by atoms with van der Waals surface area (Å²) < 4.78 is 35.7. The zero-order chi connectivity index (χ0) is 14.6. The summed E-state index contributed by atoms with van der Waals surface area (Å²) in [7, 11) is -1.33. The molecule has 118 valence electrons. The first-order chi connectivity index (χ1) is 9.45. The highest BCUT2D eigenvalue weighted by atomic mass is 32.2. The highest BCUT2D eigenvalue weighted by Gasteiger charge is 2.35. The van der Waals surface area contributed by atoms with Crippen molar-refractivity contribution in [2.24, 2.45) is 5.92 Å². The zero-order valence-electron chi connectivity index (χ0n) is 12.4. The Morgan fingerprint density at radius 1 is 1.50 bits per heavy atom. The summed E-state index contributed by atoms with van der Waals surface area (Å²) in [5, 5.41) is 3.43. The minimum absolute atomic E-state index is 0.203. The van der Waals surface area contributed by atoms with E-state index in [1.54, 1.807) is 11.4 Å². The Morgan fingerprint density at radius 3 is 2.90 bits per heavy atom. The van der Waals surface area contributed by atoms with Crippen LogP contribution in [0.2, 0.25) is 0 Å². The molecule has 2 heterocycles. The summed E-state index contributed by atoms with van der Waals surface area (Å²) in [6.45, 7) is 4.26. The van der Waals surface area contributed by atoms with Gasteiger partial charge in [-0.05, 0) is 25.3 Å². The van der Waals surface area contributed by atoms with Crippen molar-refractivity contribution in [1.29, 1.82) is 0 Å². The van der Waals surface area contributed by atoms with E-state index in [0.29, 0.717) is 25.6 Å². The largest absolute Gasteiger partial charge is 0.378 e. The van der Waals surface area contributed by atoms with Crippen LogP contribution >= 0.6 is 0 Å². The molecule has 2 unspecified atom stereocenters. The first-order valence-electron chi connectivity index (χ1n) is 7.24. The second kappa shape index (κ2) is 6.70. The Hall–Kier alpha value is -0.210. The molecule has 2 aliphatic heterocycles. The second-order valence-electron chi connectivity index (χ2n) is 5.95. The van der Waals surface area contributed by atoms with Crippen LogP contribution in [0.15, 0.2) is 0 Å². The summed E-state index contributed by atoms with van der Waals surface area (Å²) >= 11 is 0. The molecule has 0 aliphatic carbocycles. The third kappa shape index (κ3) is 4.14. The van der Waals surface area contributed by atoms with Gasteiger partial charge in [-0.3, -0.25) is 0 Å². The van der Waals surface area contributed by atoms with Crippen molar-refractivity contribution in [2.45, 2.75) is 24.9 Å². The van der Waals surface area contributed by atoms with E-state index in [-0.39, 0.29) is 5.60 Å². The molecule has 6 nitrogen and oxygen atoms in total. The maximum absolute atomic E-state index is 11.6. The number of ether oxygens (including phenoxy) is 2. The Morgan fingerprint density at radius 2 is 2.30 bits per heavy atom. The summed E-state index contributed by atoms with van der Waals surface area (Å²) in [5.74, 6) is 0.384. The number of rotatable bonds is 6. The van der Waals surface area contributed by atoms with Gasteiger partial charge in [0.05, 0.1) is 12.9 Å². The maximum atomic E-state index is 11.6. The Bertz CT molecular complexity index is 407. The van der Waals surface area contributed by atoms with E-state index in [4.69, 9.17) is 9.47 Å². The van der Waals surface area contributed by atoms with E-state index in [1.165, 1.54) is 6.26 Å². The van der Waals surface area contributed by atoms with Crippen molar-refractivity contribution >= 4 is 10.0 Å². The van der Waals surface area contributed by atoms with Gasteiger partial charge in [0.1, 0.15) is 5.60 Å². The Kier molecular flexibility index (Phi) is 5.42. The van der Waals surface area contributed by atoms with E-state index in [0.717, 1.165) is 39.0 Å². The lowest BCUT2D eigenvalue weighted by molar-refractivity contribution is -0.0164. The average Bonchev–Trinajstić information content (AvgIpc) is 2.88. The molecule has 0 bridgehead atoms. The van der Waals surface area contributed by atoms with Gasteiger partial charge in [-0.1, -0.05) is 0 Å². The van der Waals surface area contributed by atoms with E-state index >= 15 is 0 Å². The maximum Gasteiger partial charge on any atom is 0.211 e. The minimum atomic E-state index is -3.06. The lowest BCUT2D eigenvalue weighted by atomic mass is 9.98. The first kappa shape index (κ1) is 16.2. The number of hydrogen-bond donors (Lipinski definition) is 1. The second-order valence-corrected chi connectivity index (χ2v) is 7.93. The van der Waals surface area contributed by atoms with Gasteiger partial charge < -0.3 is 14.8 Å². The number of nitrogens with zero attached hydrogens (tertiary/aromatic N) is 1. The minimum Gasteiger partial charge on any atom is -0.378 e. The molecular formula is C13H26N2O4S. The smallest absolute Gasteiger partial charge is 0.211 e. The van der Waals surface area contributed by atoms with Gasteiger partial charge in [0.2, 0.25) is 10.0 Å². The van der Waals surface area contributed by atoms with Gasteiger partial charge in [-0.2, -0.15) is 0 Å². The Balaban J connectivity index is 1.76. The molecule has 0 aromatic rings. The average molecular weight is 306 g/mol. The predicted octanol–water partition coefficient (Wildman–Crippen LogP) is 0.0531. The van der Waals surface area contributed by atoms with Gasteiger partial charge in [0, 0.05) is 39.8 Å². The highest BCUT2D eigenvalue weighted by molar-refractivity contribution is 7.88. The molecule has 0 saturated carbocycles. The monoisotopic (exact) mass is 306 g/mol. The van der Waals surface area contributed by atoms with Crippen LogP contribution in [0, 0.1) is 5.92 Å². The molecule has 0 amide bonds. The zero-order valence-corrected chi connectivity index (χ0v) is 13.2. The number of nitrogens with one attached hydrogen (secondary N) is 1. The fraction of sp³-hybridized carbons (Fsp3) is 1.00. The lowest BCUT2D eigenvalue weighted by Crippen LogP contribution is -2.47. The number of methoxy groups -OCH3 is 1. The molecule has 2 aliphatic rings. The van der Waals surface area contributed by atoms with Gasteiger partial charge in [0.25, 0.3) is 0 Å². The summed E-state index contributed by atoms with van der Waals surface area (Å²) in [6, 6.07) is 0. The predicted molar refractivity (Wildman–Crippen MR) is 77.2 cm³/mol. The van der Waals surface area contributed by atoms with E-state index < -0.39 is 10.0 Å². The number of piperidine rings is 1. The standard InChI is InChI=1S/C13H26N2O4S/c1-18-13(5-7-19-11-13)10-14-8-12-4-3-6-15(9-12)20(2,16)17/h12,14H,3-11H2,1-2H3. The first-order valence-corrected chi connectivity index (χ1v) is 9.09. The third-order valence-electron chi connectivity index (χ3n) is 4.33. The molecule has 1 N–H and O–H groups in total.